The summed E-state index contributed by atoms with van der Waals surface area (Å²) < 4.78 is 9.69. The molecule has 0 fully saturated rings. The van der Waals surface area contributed by atoms with Crippen LogP contribution in [-0.2, 0) is 16.0 Å². The number of hydrogen-bond donors (Lipinski definition) is 0. The Bertz CT molecular complexity index is 460. The van der Waals surface area contributed by atoms with Crippen LogP contribution in [0.15, 0.2) is 10.7 Å². The normalized spacial score (nSPS) is 17.2. The van der Waals surface area contributed by atoms with E-state index < -0.39 is 0 Å². The second kappa shape index (κ2) is 4.31. The Morgan fingerprint density at radius 2 is 2.29 bits per heavy atom. The fourth-order valence-corrected chi connectivity index (χ4v) is 2.09. The summed E-state index contributed by atoms with van der Waals surface area (Å²) in [5.74, 6) is -0.245. The molecule has 1 aliphatic carbocycles. The smallest absolute Gasteiger partial charge is 0.310 e. The van der Waals surface area contributed by atoms with Gasteiger partial charge in [-0.25, -0.2) is 4.63 Å². The third kappa shape index (κ3) is 2.54. The summed E-state index contributed by atoms with van der Waals surface area (Å²) in [6.45, 7) is 6.37. The number of aromatic nitrogens is 2. The van der Waals surface area contributed by atoms with Gasteiger partial charge < -0.3 is 4.74 Å². The van der Waals surface area contributed by atoms with Crippen molar-refractivity contribution in [3.05, 3.63) is 17.5 Å². The number of hydrogen-bond acceptors (Lipinski definition) is 5. The molecule has 1 aromatic heterocycles. The van der Waals surface area contributed by atoms with Crippen molar-refractivity contribution in [3.8, 4) is 0 Å². The maximum absolute atomic E-state index is 11.5. The first-order valence-electron chi connectivity index (χ1n) is 5.71. The third-order valence-electron chi connectivity index (χ3n) is 2.69. The number of ether oxygens (including phenoxy) is 1. The van der Waals surface area contributed by atoms with E-state index in [0.717, 1.165) is 17.7 Å². The van der Waals surface area contributed by atoms with Crippen molar-refractivity contribution in [1.82, 2.24) is 10.3 Å². The van der Waals surface area contributed by atoms with Gasteiger partial charge in [-0.1, -0.05) is 25.1 Å². The topological polar surface area (TPSA) is 65.2 Å². The van der Waals surface area contributed by atoms with E-state index in [-0.39, 0.29) is 17.8 Å². The predicted molar refractivity (Wildman–Crippen MR) is 61.0 cm³/mol. The average Bonchev–Trinajstić information content (AvgIpc) is 2.63. The van der Waals surface area contributed by atoms with Crippen LogP contribution in [0.4, 0.5) is 0 Å². The van der Waals surface area contributed by atoms with Gasteiger partial charge >= 0.3 is 5.97 Å². The maximum Gasteiger partial charge on any atom is 0.310 e. The van der Waals surface area contributed by atoms with Crippen molar-refractivity contribution >= 4 is 11.5 Å². The van der Waals surface area contributed by atoms with Gasteiger partial charge in [0.15, 0.2) is 0 Å². The van der Waals surface area contributed by atoms with Gasteiger partial charge in [0.25, 0.3) is 0 Å². The van der Waals surface area contributed by atoms with Crippen molar-refractivity contribution in [2.75, 3.05) is 6.61 Å². The quantitative estimate of drug-likeness (QED) is 0.751. The lowest BCUT2D eigenvalue weighted by atomic mass is 9.79. The second-order valence-corrected chi connectivity index (χ2v) is 4.88. The lowest BCUT2D eigenvalue weighted by Crippen LogP contribution is -2.19. The van der Waals surface area contributed by atoms with Crippen LogP contribution in [0.5, 0.6) is 0 Å². The number of carbonyl (C=O) groups excluding carboxylic acids is 1. The zero-order valence-corrected chi connectivity index (χ0v) is 10.3. The Kier molecular flexibility index (Phi) is 3.00. The van der Waals surface area contributed by atoms with Crippen molar-refractivity contribution in [1.29, 1.82) is 0 Å². The van der Waals surface area contributed by atoms with Crippen molar-refractivity contribution in [2.24, 2.45) is 5.41 Å². The van der Waals surface area contributed by atoms with E-state index in [0.29, 0.717) is 12.3 Å². The van der Waals surface area contributed by atoms with E-state index in [4.69, 9.17) is 9.37 Å². The van der Waals surface area contributed by atoms with Gasteiger partial charge in [-0.3, -0.25) is 4.79 Å². The summed E-state index contributed by atoms with van der Waals surface area (Å²) in [5.41, 5.74) is 2.32. The number of fused-ring (bicyclic) bond motifs is 1. The molecule has 0 saturated carbocycles. The van der Waals surface area contributed by atoms with E-state index in [2.05, 4.69) is 30.2 Å². The van der Waals surface area contributed by atoms with Crippen LogP contribution in [0.2, 0.25) is 0 Å². The van der Waals surface area contributed by atoms with Gasteiger partial charge in [0, 0.05) is 6.42 Å². The van der Waals surface area contributed by atoms with Crippen molar-refractivity contribution in [2.45, 2.75) is 33.6 Å². The molecular weight excluding hydrogens is 220 g/mol. The Hall–Kier alpha value is -1.65. The first-order chi connectivity index (χ1) is 8.02. The standard InChI is InChI=1S/C12H16N2O3/c1-4-16-10(15)5-8-6-12(2,3)7-9-11(8)14-17-13-9/h6H,4-5,7H2,1-3H3. The highest BCUT2D eigenvalue weighted by Gasteiger charge is 2.30. The minimum Gasteiger partial charge on any atom is -0.466 e. The van der Waals surface area contributed by atoms with E-state index in [1.807, 2.05) is 0 Å². The first kappa shape index (κ1) is 11.8. The summed E-state index contributed by atoms with van der Waals surface area (Å²) >= 11 is 0. The van der Waals surface area contributed by atoms with Crippen LogP contribution < -0.4 is 0 Å². The molecule has 1 aliphatic rings. The molecule has 0 amide bonds. The van der Waals surface area contributed by atoms with E-state index in [9.17, 15) is 4.79 Å². The molecule has 0 bridgehead atoms. The summed E-state index contributed by atoms with van der Waals surface area (Å²) in [6, 6.07) is 0. The Labute approximate surface area is 99.8 Å². The first-order valence-corrected chi connectivity index (χ1v) is 5.71. The molecule has 5 heteroatoms. The van der Waals surface area contributed by atoms with Gasteiger partial charge in [-0.15, -0.1) is 0 Å². The Balaban J connectivity index is 2.25. The lowest BCUT2D eigenvalue weighted by Gasteiger charge is -2.24. The molecule has 0 N–H and O–H groups in total. The van der Waals surface area contributed by atoms with Crippen LogP contribution in [0.3, 0.4) is 0 Å². The van der Waals surface area contributed by atoms with Crippen LogP contribution >= 0.6 is 0 Å². The molecular formula is C12H16N2O3. The van der Waals surface area contributed by atoms with Gasteiger partial charge in [-0.05, 0) is 23.1 Å². The minimum absolute atomic E-state index is 0.0343. The van der Waals surface area contributed by atoms with Crippen LogP contribution in [-0.4, -0.2) is 22.9 Å². The van der Waals surface area contributed by atoms with Crippen molar-refractivity contribution < 1.29 is 14.2 Å². The van der Waals surface area contributed by atoms with Gasteiger partial charge in [0.2, 0.25) is 0 Å². The van der Waals surface area contributed by atoms with Crippen molar-refractivity contribution in [3.63, 3.8) is 0 Å². The Morgan fingerprint density at radius 1 is 1.53 bits per heavy atom. The highest BCUT2D eigenvalue weighted by Crippen LogP contribution is 2.36. The molecule has 0 aliphatic heterocycles. The second-order valence-electron chi connectivity index (χ2n) is 4.88. The van der Waals surface area contributed by atoms with Crippen LogP contribution in [0, 0.1) is 5.41 Å². The lowest BCUT2D eigenvalue weighted by molar-refractivity contribution is -0.141. The number of esters is 1. The van der Waals surface area contributed by atoms with Crippen LogP contribution in [0.1, 0.15) is 38.6 Å². The van der Waals surface area contributed by atoms with E-state index in [1.165, 1.54) is 0 Å². The van der Waals surface area contributed by atoms with E-state index in [1.54, 1.807) is 6.92 Å². The summed E-state index contributed by atoms with van der Waals surface area (Å²) in [4.78, 5) is 11.5. The molecule has 1 aromatic rings. The number of rotatable bonds is 3. The number of carbonyl (C=O) groups is 1. The highest BCUT2D eigenvalue weighted by atomic mass is 16.6. The molecule has 0 atom stereocenters. The third-order valence-corrected chi connectivity index (χ3v) is 2.69. The zero-order valence-electron chi connectivity index (χ0n) is 10.3. The fourth-order valence-electron chi connectivity index (χ4n) is 2.09. The SMILES string of the molecule is CCOC(=O)CC1=CC(C)(C)Cc2nonc21. The molecule has 0 saturated heterocycles. The molecule has 0 spiro atoms. The van der Waals surface area contributed by atoms with Gasteiger partial charge in [0.1, 0.15) is 11.4 Å². The molecule has 5 nitrogen and oxygen atoms in total. The number of nitrogens with zero attached hydrogens (tertiary/aromatic N) is 2. The zero-order chi connectivity index (χ0) is 12.5. The molecule has 0 radical (unpaired) electrons. The maximum atomic E-state index is 11.5. The summed E-state index contributed by atoms with van der Waals surface area (Å²) in [6.07, 6.45) is 3.05. The molecule has 0 aromatic carbocycles. The highest BCUT2D eigenvalue weighted by molar-refractivity contribution is 5.85. The van der Waals surface area contributed by atoms with Gasteiger partial charge in [0.05, 0.1) is 13.0 Å². The molecule has 0 unspecified atom stereocenters. The predicted octanol–water partition coefficient (Wildman–Crippen LogP) is 1.99. The molecule has 1 heterocycles. The largest absolute Gasteiger partial charge is 0.466 e. The van der Waals surface area contributed by atoms with Gasteiger partial charge in [-0.2, -0.15) is 0 Å². The number of allylic oxidation sites excluding steroid dienone is 1. The van der Waals surface area contributed by atoms with Crippen LogP contribution in [0.25, 0.3) is 5.57 Å². The molecule has 17 heavy (non-hydrogen) atoms. The summed E-state index contributed by atoms with van der Waals surface area (Å²) in [5, 5.41) is 7.73. The molecule has 92 valence electrons. The minimum atomic E-state index is -0.245. The summed E-state index contributed by atoms with van der Waals surface area (Å²) in [7, 11) is 0. The molecule has 2 rings (SSSR count). The monoisotopic (exact) mass is 236 g/mol. The van der Waals surface area contributed by atoms with E-state index >= 15 is 0 Å². The average molecular weight is 236 g/mol. The fraction of sp³-hybridized carbons (Fsp3) is 0.583. The Morgan fingerprint density at radius 3 is 3.00 bits per heavy atom.